The molecule has 1 amide bonds. The summed E-state index contributed by atoms with van der Waals surface area (Å²) in [6, 6.07) is 17.9. The van der Waals surface area contributed by atoms with Crippen LogP contribution in [0.1, 0.15) is 16.1 Å². The fourth-order valence-corrected chi connectivity index (χ4v) is 4.30. The van der Waals surface area contributed by atoms with E-state index in [-0.39, 0.29) is 5.91 Å². The van der Waals surface area contributed by atoms with Crippen molar-refractivity contribution in [3.63, 3.8) is 0 Å². The van der Waals surface area contributed by atoms with E-state index in [1.54, 1.807) is 0 Å². The molecule has 3 aromatic rings. The predicted octanol–water partition coefficient (Wildman–Crippen LogP) is 4.33. The van der Waals surface area contributed by atoms with Crippen LogP contribution in [0, 0.1) is 0 Å². The average molecular weight is 420 g/mol. The number of benzene rings is 2. The van der Waals surface area contributed by atoms with Crippen LogP contribution in [0.2, 0.25) is 0 Å². The Bertz CT molecular complexity index is 994. The van der Waals surface area contributed by atoms with Crippen LogP contribution < -0.4 is 4.74 Å². The summed E-state index contributed by atoms with van der Waals surface area (Å²) in [6.45, 7) is 8.31. The molecule has 0 N–H and O–H groups in total. The van der Waals surface area contributed by atoms with Crippen LogP contribution in [0.15, 0.2) is 72.6 Å². The Morgan fingerprint density at radius 3 is 2.57 bits per heavy atom. The third-order valence-electron chi connectivity index (χ3n) is 5.12. The summed E-state index contributed by atoms with van der Waals surface area (Å²) in [5.74, 6) is 0.770. The van der Waals surface area contributed by atoms with Crippen LogP contribution in [0.25, 0.3) is 10.6 Å². The summed E-state index contributed by atoms with van der Waals surface area (Å²) in [6.07, 6.45) is 1.90. The van der Waals surface area contributed by atoms with Gasteiger partial charge >= 0.3 is 0 Å². The number of para-hydroxylation sites is 1. The molecule has 6 heteroatoms. The molecule has 1 aliphatic heterocycles. The van der Waals surface area contributed by atoms with E-state index in [1.165, 1.54) is 11.3 Å². The lowest BCUT2D eigenvalue weighted by Gasteiger charge is -2.33. The zero-order valence-electron chi connectivity index (χ0n) is 16.9. The van der Waals surface area contributed by atoms with E-state index in [0.29, 0.717) is 12.3 Å². The van der Waals surface area contributed by atoms with Crippen molar-refractivity contribution >= 4 is 17.2 Å². The Kier molecular flexibility index (Phi) is 6.57. The molecule has 0 radical (unpaired) electrons. The van der Waals surface area contributed by atoms with Crippen LogP contribution in [0.3, 0.4) is 0 Å². The van der Waals surface area contributed by atoms with Gasteiger partial charge in [0.1, 0.15) is 23.1 Å². The Balaban J connectivity index is 1.45. The van der Waals surface area contributed by atoms with Crippen molar-refractivity contribution in [3.05, 3.63) is 83.9 Å². The van der Waals surface area contributed by atoms with Crippen molar-refractivity contribution in [1.82, 2.24) is 14.8 Å². The van der Waals surface area contributed by atoms with E-state index in [1.807, 2.05) is 71.0 Å². The zero-order chi connectivity index (χ0) is 20.8. The van der Waals surface area contributed by atoms with Gasteiger partial charge in [-0.3, -0.25) is 9.69 Å². The Morgan fingerprint density at radius 1 is 1.07 bits per heavy atom. The van der Waals surface area contributed by atoms with Gasteiger partial charge in [-0.2, -0.15) is 0 Å². The molecular weight excluding hydrogens is 394 g/mol. The Labute approximate surface area is 181 Å². The second-order valence-corrected chi connectivity index (χ2v) is 8.05. The maximum atomic E-state index is 12.9. The molecule has 1 saturated heterocycles. The van der Waals surface area contributed by atoms with Crippen LogP contribution in [-0.2, 0) is 6.61 Å². The van der Waals surface area contributed by atoms with Crippen molar-refractivity contribution in [3.8, 4) is 16.3 Å². The Morgan fingerprint density at radius 2 is 1.80 bits per heavy atom. The maximum absolute atomic E-state index is 12.9. The topological polar surface area (TPSA) is 45.7 Å². The summed E-state index contributed by atoms with van der Waals surface area (Å²) in [5, 5.41) is 2.65. The van der Waals surface area contributed by atoms with Gasteiger partial charge in [0.2, 0.25) is 0 Å². The molecule has 1 aliphatic rings. The largest absolute Gasteiger partial charge is 0.488 e. The molecule has 1 aromatic heterocycles. The lowest BCUT2D eigenvalue weighted by molar-refractivity contribution is 0.0645. The normalized spacial score (nSPS) is 14.5. The number of rotatable bonds is 7. The number of amides is 1. The number of piperazine rings is 1. The lowest BCUT2D eigenvalue weighted by atomic mass is 10.2. The van der Waals surface area contributed by atoms with Gasteiger partial charge in [-0.25, -0.2) is 4.98 Å². The molecule has 0 unspecified atom stereocenters. The van der Waals surface area contributed by atoms with Gasteiger partial charge in [0, 0.05) is 38.1 Å². The molecule has 154 valence electrons. The SMILES string of the molecule is C=CCN1CCN(C(=O)c2csc(-c3ccccc3OCc3ccccc3)n2)CC1. The van der Waals surface area contributed by atoms with Gasteiger partial charge in [0.25, 0.3) is 5.91 Å². The third kappa shape index (κ3) is 4.78. The molecule has 0 spiro atoms. The first-order chi connectivity index (χ1) is 14.7. The van der Waals surface area contributed by atoms with Gasteiger partial charge in [-0.1, -0.05) is 48.5 Å². The number of ether oxygens (including phenoxy) is 1. The summed E-state index contributed by atoms with van der Waals surface area (Å²) in [5.41, 5.74) is 2.52. The van der Waals surface area contributed by atoms with E-state index < -0.39 is 0 Å². The maximum Gasteiger partial charge on any atom is 0.273 e. The van der Waals surface area contributed by atoms with Crippen molar-refractivity contribution < 1.29 is 9.53 Å². The molecule has 1 fully saturated rings. The minimum atomic E-state index is -0.00145. The predicted molar refractivity (Wildman–Crippen MR) is 121 cm³/mol. The third-order valence-corrected chi connectivity index (χ3v) is 6.00. The zero-order valence-corrected chi connectivity index (χ0v) is 17.7. The summed E-state index contributed by atoms with van der Waals surface area (Å²) >= 11 is 1.48. The number of carbonyl (C=O) groups excluding carboxylic acids is 1. The molecule has 0 bridgehead atoms. The van der Waals surface area contributed by atoms with Gasteiger partial charge in [-0.05, 0) is 17.7 Å². The first-order valence-electron chi connectivity index (χ1n) is 10.1. The van der Waals surface area contributed by atoms with E-state index in [4.69, 9.17) is 4.74 Å². The highest BCUT2D eigenvalue weighted by atomic mass is 32.1. The van der Waals surface area contributed by atoms with E-state index in [9.17, 15) is 4.79 Å². The number of carbonyl (C=O) groups is 1. The average Bonchev–Trinajstić information content (AvgIpc) is 3.29. The monoisotopic (exact) mass is 419 g/mol. The fourth-order valence-electron chi connectivity index (χ4n) is 3.48. The minimum Gasteiger partial charge on any atom is -0.488 e. The standard InChI is InChI=1S/C24H25N3O2S/c1-2-12-26-13-15-27(16-14-26)24(28)21-18-30-23(25-21)20-10-6-7-11-22(20)29-17-19-8-4-3-5-9-19/h2-11,18H,1,12-17H2. The van der Waals surface area contributed by atoms with E-state index in [2.05, 4.69) is 16.5 Å². The van der Waals surface area contributed by atoms with Crippen LogP contribution >= 0.6 is 11.3 Å². The van der Waals surface area contributed by atoms with E-state index >= 15 is 0 Å². The highest BCUT2D eigenvalue weighted by Gasteiger charge is 2.24. The number of thiazole rings is 1. The number of aromatic nitrogens is 1. The number of hydrogen-bond acceptors (Lipinski definition) is 5. The van der Waals surface area contributed by atoms with Gasteiger partial charge in [0.15, 0.2) is 0 Å². The number of nitrogens with zero attached hydrogens (tertiary/aromatic N) is 3. The molecule has 2 heterocycles. The van der Waals surface area contributed by atoms with Crippen LogP contribution in [-0.4, -0.2) is 53.4 Å². The van der Waals surface area contributed by atoms with Crippen LogP contribution in [0.5, 0.6) is 5.75 Å². The summed E-state index contributed by atoms with van der Waals surface area (Å²) < 4.78 is 6.06. The molecule has 30 heavy (non-hydrogen) atoms. The number of hydrogen-bond donors (Lipinski definition) is 0. The van der Waals surface area contributed by atoms with Crippen molar-refractivity contribution in [2.45, 2.75) is 6.61 Å². The summed E-state index contributed by atoms with van der Waals surface area (Å²) in [4.78, 5) is 21.7. The van der Waals surface area contributed by atoms with Crippen molar-refractivity contribution in [2.24, 2.45) is 0 Å². The first-order valence-corrected chi connectivity index (χ1v) is 11.0. The van der Waals surface area contributed by atoms with E-state index in [0.717, 1.165) is 54.6 Å². The molecule has 0 saturated carbocycles. The lowest BCUT2D eigenvalue weighted by Crippen LogP contribution is -2.48. The molecule has 5 nitrogen and oxygen atoms in total. The summed E-state index contributed by atoms with van der Waals surface area (Å²) in [7, 11) is 0. The van der Waals surface area contributed by atoms with Gasteiger partial charge in [0.05, 0.1) is 5.56 Å². The highest BCUT2D eigenvalue weighted by Crippen LogP contribution is 2.33. The smallest absolute Gasteiger partial charge is 0.273 e. The second-order valence-electron chi connectivity index (χ2n) is 7.19. The van der Waals surface area contributed by atoms with Gasteiger partial charge in [-0.15, -0.1) is 17.9 Å². The first kappa shape index (κ1) is 20.3. The van der Waals surface area contributed by atoms with Crippen LogP contribution in [0.4, 0.5) is 0 Å². The molecule has 2 aromatic carbocycles. The van der Waals surface area contributed by atoms with Crippen molar-refractivity contribution in [1.29, 1.82) is 0 Å². The molecule has 0 aliphatic carbocycles. The quantitative estimate of drug-likeness (QED) is 0.535. The molecule has 0 atom stereocenters. The fraction of sp³-hybridized carbons (Fsp3) is 0.250. The van der Waals surface area contributed by atoms with Crippen molar-refractivity contribution in [2.75, 3.05) is 32.7 Å². The second kappa shape index (κ2) is 9.69. The highest BCUT2D eigenvalue weighted by molar-refractivity contribution is 7.13. The molecule has 4 rings (SSSR count). The minimum absolute atomic E-state index is 0.00145. The molecular formula is C24H25N3O2S. The Hall–Kier alpha value is -2.96. The van der Waals surface area contributed by atoms with Gasteiger partial charge < -0.3 is 9.64 Å².